The second-order valence-electron chi connectivity index (χ2n) is 9.16. The van der Waals surface area contributed by atoms with Crippen molar-refractivity contribution in [3.8, 4) is 0 Å². The third kappa shape index (κ3) is 6.41. The first-order chi connectivity index (χ1) is 12.8. The highest BCUT2D eigenvalue weighted by Gasteiger charge is 2.51. The average molecular weight is 433 g/mol. The number of hydrogen-bond acceptors (Lipinski definition) is 5. The summed E-state index contributed by atoms with van der Waals surface area (Å²) in [5.74, 6) is -2.18. The lowest BCUT2D eigenvalue weighted by Gasteiger charge is -2.42. The lowest BCUT2D eigenvalue weighted by Crippen LogP contribution is -2.51. The van der Waals surface area contributed by atoms with Gasteiger partial charge in [-0.25, -0.2) is 9.78 Å². The Morgan fingerprint density at radius 1 is 1.00 bits per heavy atom. The van der Waals surface area contributed by atoms with E-state index in [1.165, 1.54) is 0 Å². The van der Waals surface area contributed by atoms with Gasteiger partial charge >= 0.3 is 0 Å². The number of ketones is 1. The van der Waals surface area contributed by atoms with Crippen LogP contribution in [0.3, 0.4) is 0 Å². The van der Waals surface area contributed by atoms with Crippen LogP contribution in [-0.2, 0) is 19.6 Å². The Kier molecular flexibility index (Phi) is 7.57. The molecule has 28 heavy (non-hydrogen) atoms. The number of carbonyl (C=O) groups is 1. The van der Waals surface area contributed by atoms with Crippen molar-refractivity contribution in [1.82, 2.24) is 0 Å². The van der Waals surface area contributed by atoms with Gasteiger partial charge in [0.1, 0.15) is 0 Å². The third-order valence-corrected chi connectivity index (χ3v) is 4.73. The smallest absolute Gasteiger partial charge is 0.243 e. The standard InChI is InChI=1S/C21H30Cl2O5/c1-19(2,3)25-27-21(28-26-20(4,5)6)12-8-7-9-16(21)18(24)15-11-10-14(22)13-17(15)23/h10-11,13,16H,7-9,12H2,1-6H3. The summed E-state index contributed by atoms with van der Waals surface area (Å²) in [5.41, 5.74) is -0.789. The van der Waals surface area contributed by atoms with E-state index in [4.69, 9.17) is 42.8 Å². The van der Waals surface area contributed by atoms with Crippen molar-refractivity contribution >= 4 is 29.0 Å². The Labute approximate surface area is 177 Å². The van der Waals surface area contributed by atoms with Crippen LogP contribution in [0.25, 0.3) is 0 Å². The van der Waals surface area contributed by atoms with Gasteiger partial charge in [0.2, 0.25) is 5.79 Å². The largest absolute Gasteiger partial charge is 0.294 e. The van der Waals surface area contributed by atoms with Crippen LogP contribution < -0.4 is 0 Å². The van der Waals surface area contributed by atoms with Gasteiger partial charge in [0, 0.05) is 17.0 Å². The molecular weight excluding hydrogens is 403 g/mol. The lowest BCUT2D eigenvalue weighted by atomic mass is 9.79. The van der Waals surface area contributed by atoms with Gasteiger partial charge in [0.25, 0.3) is 0 Å². The summed E-state index contributed by atoms with van der Waals surface area (Å²) in [7, 11) is 0. The zero-order valence-corrected chi connectivity index (χ0v) is 18.9. The molecular formula is C21H30Cl2O5. The van der Waals surface area contributed by atoms with Gasteiger partial charge in [0.05, 0.1) is 22.1 Å². The monoisotopic (exact) mass is 432 g/mol. The fourth-order valence-corrected chi connectivity index (χ4v) is 3.43. The molecule has 0 aromatic heterocycles. The summed E-state index contributed by atoms with van der Waals surface area (Å²) in [6.07, 6.45) is 2.71. The molecule has 0 amide bonds. The Morgan fingerprint density at radius 2 is 1.57 bits per heavy atom. The van der Waals surface area contributed by atoms with Crippen molar-refractivity contribution < 1.29 is 24.3 Å². The summed E-state index contributed by atoms with van der Waals surface area (Å²) in [6, 6.07) is 4.83. The van der Waals surface area contributed by atoms with Crippen molar-refractivity contribution in [2.45, 2.75) is 84.2 Å². The maximum atomic E-state index is 13.4. The molecule has 2 rings (SSSR count). The fraction of sp³-hybridized carbons (Fsp3) is 0.667. The van der Waals surface area contributed by atoms with Crippen molar-refractivity contribution in [2.75, 3.05) is 0 Å². The van der Waals surface area contributed by atoms with E-state index in [1.54, 1.807) is 18.2 Å². The van der Waals surface area contributed by atoms with Gasteiger partial charge in [-0.3, -0.25) is 4.79 Å². The molecule has 1 aromatic rings. The summed E-state index contributed by atoms with van der Waals surface area (Å²) in [4.78, 5) is 36.2. The summed E-state index contributed by atoms with van der Waals surface area (Å²) >= 11 is 12.3. The Bertz CT molecular complexity index is 673. The zero-order valence-electron chi connectivity index (χ0n) is 17.4. The molecule has 158 valence electrons. The molecule has 0 heterocycles. The van der Waals surface area contributed by atoms with E-state index in [-0.39, 0.29) is 5.78 Å². The second-order valence-corrected chi connectivity index (χ2v) is 10.0. The van der Waals surface area contributed by atoms with E-state index in [9.17, 15) is 4.79 Å². The number of halogens is 2. The molecule has 1 aliphatic carbocycles. The van der Waals surface area contributed by atoms with Gasteiger partial charge in [-0.2, -0.15) is 9.78 Å². The molecule has 1 aliphatic rings. The molecule has 1 fully saturated rings. The van der Waals surface area contributed by atoms with Crippen LogP contribution in [0.15, 0.2) is 18.2 Å². The van der Waals surface area contributed by atoms with E-state index < -0.39 is 22.9 Å². The van der Waals surface area contributed by atoms with E-state index in [2.05, 4.69) is 0 Å². The van der Waals surface area contributed by atoms with Crippen molar-refractivity contribution in [1.29, 1.82) is 0 Å². The van der Waals surface area contributed by atoms with Crippen LogP contribution in [0.5, 0.6) is 0 Å². The number of benzene rings is 1. The molecule has 1 saturated carbocycles. The van der Waals surface area contributed by atoms with Crippen LogP contribution in [-0.4, -0.2) is 22.8 Å². The van der Waals surface area contributed by atoms with Crippen molar-refractivity contribution in [2.24, 2.45) is 5.92 Å². The summed E-state index contributed by atoms with van der Waals surface area (Å²) in [5, 5.41) is 0.765. The Hall–Kier alpha value is -0.690. The van der Waals surface area contributed by atoms with E-state index >= 15 is 0 Å². The van der Waals surface area contributed by atoms with Crippen LogP contribution in [0.4, 0.5) is 0 Å². The molecule has 0 bridgehead atoms. The van der Waals surface area contributed by atoms with E-state index in [0.717, 1.165) is 12.8 Å². The molecule has 0 N–H and O–H groups in total. The van der Waals surface area contributed by atoms with Crippen LogP contribution in [0, 0.1) is 5.92 Å². The average Bonchev–Trinajstić information content (AvgIpc) is 2.57. The molecule has 1 unspecified atom stereocenters. The first kappa shape index (κ1) is 23.6. The number of Topliss-reactive ketones (excluding diaryl/α,β-unsaturated/α-hetero) is 1. The van der Waals surface area contributed by atoms with Crippen LogP contribution in [0.2, 0.25) is 10.0 Å². The Morgan fingerprint density at radius 3 is 2.07 bits per heavy atom. The molecule has 1 atom stereocenters. The highest BCUT2D eigenvalue weighted by molar-refractivity contribution is 6.36. The Balaban J connectivity index is 2.38. The van der Waals surface area contributed by atoms with Gasteiger partial charge in [-0.15, -0.1) is 0 Å². The van der Waals surface area contributed by atoms with Crippen LogP contribution >= 0.6 is 23.2 Å². The van der Waals surface area contributed by atoms with Crippen molar-refractivity contribution in [3.05, 3.63) is 33.8 Å². The van der Waals surface area contributed by atoms with E-state index in [0.29, 0.717) is 28.5 Å². The second kappa shape index (κ2) is 8.99. The fourth-order valence-electron chi connectivity index (χ4n) is 2.93. The minimum Gasteiger partial charge on any atom is -0.294 e. The van der Waals surface area contributed by atoms with E-state index in [1.807, 2.05) is 41.5 Å². The lowest BCUT2D eigenvalue weighted by molar-refractivity contribution is -0.552. The molecule has 7 heteroatoms. The minimum atomic E-state index is -1.36. The molecule has 0 saturated heterocycles. The minimum absolute atomic E-state index is 0.184. The summed E-state index contributed by atoms with van der Waals surface area (Å²) < 4.78 is 0. The predicted octanol–water partition coefficient (Wildman–Crippen LogP) is 6.56. The highest BCUT2D eigenvalue weighted by atomic mass is 35.5. The number of hydrogen-bond donors (Lipinski definition) is 0. The highest BCUT2D eigenvalue weighted by Crippen LogP contribution is 2.42. The molecule has 5 nitrogen and oxygen atoms in total. The first-order valence-corrected chi connectivity index (χ1v) is 10.3. The molecule has 0 radical (unpaired) electrons. The maximum Gasteiger partial charge on any atom is 0.243 e. The van der Waals surface area contributed by atoms with Gasteiger partial charge < -0.3 is 0 Å². The van der Waals surface area contributed by atoms with Gasteiger partial charge in [-0.05, 0) is 72.6 Å². The van der Waals surface area contributed by atoms with Crippen LogP contribution in [0.1, 0.15) is 77.6 Å². The SMILES string of the molecule is CC(C)(C)OOC1(OOC(C)(C)C)CCCCC1C(=O)c1ccc(Cl)cc1Cl. The van der Waals surface area contributed by atoms with Crippen molar-refractivity contribution in [3.63, 3.8) is 0 Å². The molecule has 0 spiro atoms. The third-order valence-electron chi connectivity index (χ3n) is 4.18. The molecule has 0 aliphatic heterocycles. The number of carbonyl (C=O) groups excluding carboxylic acids is 1. The quantitative estimate of drug-likeness (QED) is 0.220. The maximum absolute atomic E-state index is 13.4. The zero-order chi connectivity index (χ0) is 21.2. The first-order valence-electron chi connectivity index (χ1n) is 9.56. The molecule has 1 aromatic carbocycles. The normalized spacial score (nSPS) is 20.2. The topological polar surface area (TPSA) is 54.0 Å². The van der Waals surface area contributed by atoms with Gasteiger partial charge in [0.15, 0.2) is 5.78 Å². The number of rotatable bonds is 6. The summed E-state index contributed by atoms with van der Waals surface area (Å²) in [6.45, 7) is 11.2. The van der Waals surface area contributed by atoms with Gasteiger partial charge in [-0.1, -0.05) is 29.6 Å². The predicted molar refractivity (Wildman–Crippen MR) is 109 cm³/mol.